The Bertz CT molecular complexity index is 1200. The highest BCUT2D eigenvalue weighted by atomic mass is 16.7. The second kappa shape index (κ2) is 11.2. The van der Waals surface area contributed by atoms with E-state index in [9.17, 15) is 39.9 Å². The van der Waals surface area contributed by atoms with Crippen molar-refractivity contribution in [1.82, 2.24) is 29.9 Å². The summed E-state index contributed by atoms with van der Waals surface area (Å²) in [5.41, 5.74) is -1.15. The highest BCUT2D eigenvalue weighted by Crippen LogP contribution is 2.29. The lowest BCUT2D eigenvalue weighted by Gasteiger charge is -2.42. The van der Waals surface area contributed by atoms with Gasteiger partial charge in [-0.05, 0) is 0 Å². The van der Waals surface area contributed by atoms with Gasteiger partial charge in [0.15, 0.2) is 12.5 Å². The van der Waals surface area contributed by atoms with Crippen LogP contribution in [0.5, 0.6) is 0 Å². The summed E-state index contributed by atoms with van der Waals surface area (Å²) in [5, 5.41) is 60.9. The minimum absolute atomic E-state index is 0.0637. The van der Waals surface area contributed by atoms with Crippen molar-refractivity contribution in [2.75, 3.05) is 6.61 Å². The van der Waals surface area contributed by atoms with Gasteiger partial charge in [-0.15, -0.1) is 5.10 Å². The van der Waals surface area contributed by atoms with E-state index in [1.165, 1.54) is 17.8 Å². The molecule has 2 aliphatic rings. The number of carbonyl (C=O) groups is 1. The molecule has 204 valence electrons. The zero-order chi connectivity index (χ0) is 26.9. The predicted molar refractivity (Wildman–Crippen MR) is 117 cm³/mol. The first kappa shape index (κ1) is 27.0. The molecule has 4 heterocycles. The van der Waals surface area contributed by atoms with Crippen LogP contribution in [0.1, 0.15) is 18.8 Å². The van der Waals surface area contributed by atoms with Gasteiger partial charge in [-0.25, -0.2) is 9.48 Å². The van der Waals surface area contributed by atoms with Crippen LogP contribution in [0.25, 0.3) is 0 Å². The van der Waals surface area contributed by atoms with Gasteiger partial charge >= 0.3 is 5.69 Å². The van der Waals surface area contributed by atoms with Crippen molar-refractivity contribution in [3.05, 3.63) is 45.0 Å². The van der Waals surface area contributed by atoms with E-state index in [1.807, 2.05) is 4.98 Å². The van der Waals surface area contributed by atoms with Crippen molar-refractivity contribution >= 4 is 5.91 Å². The first-order chi connectivity index (χ1) is 17.6. The monoisotopic (exact) mass is 528 g/mol. The van der Waals surface area contributed by atoms with Crippen LogP contribution < -0.4 is 16.6 Å². The molecule has 0 aliphatic carbocycles. The number of nitrogens with zero attached hydrogens (tertiary/aromatic N) is 4. The molecule has 0 radical (unpaired) electrons. The Labute approximate surface area is 207 Å². The van der Waals surface area contributed by atoms with E-state index in [4.69, 9.17) is 14.2 Å². The number of aliphatic hydroxyl groups excluding tert-OH is 5. The molecule has 0 saturated carbocycles. The number of ether oxygens (including phenoxy) is 3. The number of hydrogen-bond donors (Lipinski definition) is 7. The number of rotatable bonds is 8. The van der Waals surface area contributed by atoms with Crippen LogP contribution in [0.3, 0.4) is 0 Å². The first-order valence-electron chi connectivity index (χ1n) is 11.3. The molecular formula is C20H28N6O11. The van der Waals surface area contributed by atoms with Crippen molar-refractivity contribution in [3.8, 4) is 0 Å². The standard InChI is InChI=1S/C20H28N6O11/c1-8(28)21-13-16(32)15(31)11(6-27)37-19(13)35-7-9-4-25(24-23-9)5-10-14(30)17(33)18(36-10)26-3-2-12(29)22-20(26)34/h2-4,10-11,13-19,27,30-33H,5-7H2,1H3,(H,21,28)(H,22,29,34)/t10-,11-,13-,14-,15+,16-,17-,18-,19+/m1/s1. The number of aliphatic hydroxyl groups is 5. The highest BCUT2D eigenvalue weighted by Gasteiger charge is 2.46. The van der Waals surface area contributed by atoms with Gasteiger partial charge in [0.25, 0.3) is 5.56 Å². The maximum Gasteiger partial charge on any atom is 0.330 e. The molecule has 2 aromatic heterocycles. The normalized spacial score (nSPS) is 33.9. The molecule has 2 aromatic rings. The van der Waals surface area contributed by atoms with Crippen molar-refractivity contribution in [2.45, 2.75) is 75.3 Å². The molecule has 17 nitrogen and oxygen atoms in total. The van der Waals surface area contributed by atoms with Crippen LogP contribution >= 0.6 is 0 Å². The van der Waals surface area contributed by atoms with Crippen molar-refractivity contribution in [2.24, 2.45) is 0 Å². The average Bonchev–Trinajstić information content (AvgIpc) is 3.41. The van der Waals surface area contributed by atoms with Crippen LogP contribution in [-0.2, 0) is 32.2 Å². The molecule has 37 heavy (non-hydrogen) atoms. The minimum Gasteiger partial charge on any atom is -0.394 e. The molecule has 9 atom stereocenters. The van der Waals surface area contributed by atoms with Gasteiger partial charge in [-0.3, -0.25) is 19.1 Å². The lowest BCUT2D eigenvalue weighted by Crippen LogP contribution is -2.64. The molecule has 7 N–H and O–H groups in total. The van der Waals surface area contributed by atoms with E-state index in [-0.39, 0.29) is 18.8 Å². The molecule has 0 spiro atoms. The molecule has 0 unspecified atom stereocenters. The van der Waals surface area contributed by atoms with Crippen molar-refractivity contribution in [3.63, 3.8) is 0 Å². The third kappa shape index (κ3) is 5.78. The Morgan fingerprint density at radius 2 is 1.86 bits per heavy atom. The summed E-state index contributed by atoms with van der Waals surface area (Å²) in [4.78, 5) is 36.9. The topological polar surface area (TPSA) is 244 Å². The summed E-state index contributed by atoms with van der Waals surface area (Å²) in [6.07, 6.45) is -7.76. The second-order valence-electron chi connectivity index (χ2n) is 8.74. The fourth-order valence-electron chi connectivity index (χ4n) is 4.20. The van der Waals surface area contributed by atoms with E-state index >= 15 is 0 Å². The zero-order valence-corrected chi connectivity index (χ0v) is 19.5. The molecular weight excluding hydrogens is 500 g/mol. The average molecular weight is 528 g/mol. The van der Waals surface area contributed by atoms with Crippen molar-refractivity contribution in [1.29, 1.82) is 0 Å². The highest BCUT2D eigenvalue weighted by molar-refractivity contribution is 5.73. The molecule has 4 rings (SSSR count). The molecule has 0 bridgehead atoms. The van der Waals surface area contributed by atoms with Gasteiger partial charge in [0.2, 0.25) is 5.91 Å². The summed E-state index contributed by atoms with van der Waals surface area (Å²) in [6.45, 7) is 0.358. The predicted octanol–water partition coefficient (Wildman–Crippen LogP) is -5.09. The Kier molecular flexibility index (Phi) is 8.14. The molecule has 2 aliphatic heterocycles. The van der Waals surface area contributed by atoms with E-state index < -0.39 is 78.9 Å². The summed E-state index contributed by atoms with van der Waals surface area (Å²) in [6, 6.07) is -0.0438. The number of H-pyrrole nitrogens is 1. The molecule has 0 aromatic carbocycles. The van der Waals surface area contributed by atoms with E-state index in [2.05, 4.69) is 15.6 Å². The smallest absolute Gasteiger partial charge is 0.330 e. The quantitative estimate of drug-likeness (QED) is 0.170. The molecule has 17 heteroatoms. The maximum atomic E-state index is 12.0. The van der Waals surface area contributed by atoms with Crippen LogP contribution in [-0.4, -0.2) is 112 Å². The summed E-state index contributed by atoms with van der Waals surface area (Å²) in [5.74, 6) is -0.499. The summed E-state index contributed by atoms with van der Waals surface area (Å²) in [7, 11) is 0. The Morgan fingerprint density at radius 3 is 2.54 bits per heavy atom. The van der Waals surface area contributed by atoms with Gasteiger partial charge in [-0.1, -0.05) is 5.21 Å². The van der Waals surface area contributed by atoms with E-state index in [0.717, 1.165) is 16.8 Å². The number of hydrogen-bond acceptors (Lipinski definition) is 13. The summed E-state index contributed by atoms with van der Waals surface area (Å²) < 4.78 is 19.0. The fourth-order valence-corrected chi connectivity index (χ4v) is 4.20. The Balaban J connectivity index is 1.39. The number of aromatic amines is 1. The number of aromatic nitrogens is 5. The summed E-state index contributed by atoms with van der Waals surface area (Å²) >= 11 is 0. The Hall–Kier alpha value is -3.03. The van der Waals surface area contributed by atoms with Crippen LogP contribution in [0, 0.1) is 0 Å². The van der Waals surface area contributed by atoms with E-state index in [0.29, 0.717) is 0 Å². The van der Waals surface area contributed by atoms with Gasteiger partial charge in [0, 0.05) is 19.2 Å². The number of amides is 1. The lowest BCUT2D eigenvalue weighted by atomic mass is 9.97. The van der Waals surface area contributed by atoms with E-state index in [1.54, 1.807) is 0 Å². The first-order valence-corrected chi connectivity index (χ1v) is 11.3. The van der Waals surface area contributed by atoms with Crippen LogP contribution in [0.4, 0.5) is 0 Å². The number of nitrogens with one attached hydrogen (secondary N) is 2. The van der Waals surface area contributed by atoms with Gasteiger partial charge in [-0.2, -0.15) is 0 Å². The van der Waals surface area contributed by atoms with Crippen molar-refractivity contribution < 1.29 is 44.5 Å². The molecule has 1 amide bonds. The second-order valence-corrected chi connectivity index (χ2v) is 8.74. The van der Waals surface area contributed by atoms with Crippen LogP contribution in [0.15, 0.2) is 28.0 Å². The molecule has 2 saturated heterocycles. The fraction of sp³-hybridized carbons (Fsp3) is 0.650. The van der Waals surface area contributed by atoms with Crippen LogP contribution in [0.2, 0.25) is 0 Å². The largest absolute Gasteiger partial charge is 0.394 e. The Morgan fingerprint density at radius 1 is 1.14 bits per heavy atom. The third-order valence-electron chi connectivity index (χ3n) is 6.06. The lowest BCUT2D eigenvalue weighted by molar-refractivity contribution is -0.273. The maximum absolute atomic E-state index is 12.0. The van der Waals surface area contributed by atoms with Gasteiger partial charge in [0.1, 0.15) is 48.4 Å². The SMILES string of the molecule is CC(=O)N[C@H]1[C@@H](OCc2cn(C[C@H]3O[C@@H](n4ccc(=O)[nH]c4=O)[C@H](O)[C@@H]3O)nn2)O[C@H](CO)[C@H](O)[C@@H]1O. The van der Waals surface area contributed by atoms with Gasteiger partial charge in [0.05, 0.1) is 26.0 Å². The number of carbonyl (C=O) groups excluding carboxylic acids is 1. The molecule has 2 fully saturated rings. The minimum atomic E-state index is -1.47. The zero-order valence-electron chi connectivity index (χ0n) is 19.5. The van der Waals surface area contributed by atoms with Gasteiger partial charge < -0.3 is 45.1 Å². The third-order valence-corrected chi connectivity index (χ3v) is 6.06.